The quantitative estimate of drug-likeness (QED) is 0.830. The Morgan fingerprint density at radius 1 is 1.47 bits per heavy atom. The van der Waals surface area contributed by atoms with Crippen LogP contribution < -0.4 is 10.6 Å². The monoisotopic (exact) mass is 232 g/mol. The lowest BCUT2D eigenvalue weighted by Gasteiger charge is -2.05. The van der Waals surface area contributed by atoms with Crippen molar-refractivity contribution in [2.45, 2.75) is 6.42 Å². The van der Waals surface area contributed by atoms with Gasteiger partial charge in [0, 0.05) is 25.7 Å². The number of imidazole rings is 1. The number of anilines is 1. The zero-order valence-electron chi connectivity index (χ0n) is 10.0. The van der Waals surface area contributed by atoms with E-state index in [9.17, 15) is 4.79 Å². The Bertz CT molecular complexity index is 532. The molecule has 0 aliphatic heterocycles. The second-order valence-corrected chi connectivity index (χ2v) is 3.96. The minimum absolute atomic E-state index is 0.00892. The first kappa shape index (κ1) is 11.6. The maximum absolute atomic E-state index is 11.5. The standard InChI is InChI=1S/C12H16N4O/c1-13-6-5-12(17)15-9-3-4-11-10(7-9)14-8-16(11)2/h3-4,7-8,13H,5-6H2,1-2H3,(H,15,17). The molecular formula is C12H16N4O. The molecule has 1 aromatic heterocycles. The van der Waals surface area contributed by atoms with Crippen LogP contribution in [0.25, 0.3) is 11.0 Å². The third kappa shape index (κ3) is 2.62. The van der Waals surface area contributed by atoms with Gasteiger partial charge in [0.05, 0.1) is 17.4 Å². The van der Waals surface area contributed by atoms with Crippen molar-refractivity contribution in [3.63, 3.8) is 0 Å². The van der Waals surface area contributed by atoms with Gasteiger partial charge in [-0.1, -0.05) is 0 Å². The SMILES string of the molecule is CNCCC(=O)Nc1ccc2c(c1)ncn2C. The highest BCUT2D eigenvalue weighted by Gasteiger charge is 2.04. The van der Waals surface area contributed by atoms with E-state index in [4.69, 9.17) is 0 Å². The van der Waals surface area contributed by atoms with Gasteiger partial charge in [-0.2, -0.15) is 0 Å². The van der Waals surface area contributed by atoms with E-state index >= 15 is 0 Å². The average molecular weight is 232 g/mol. The van der Waals surface area contributed by atoms with Crippen molar-refractivity contribution in [3.8, 4) is 0 Å². The second-order valence-electron chi connectivity index (χ2n) is 3.96. The van der Waals surface area contributed by atoms with Gasteiger partial charge in [-0.05, 0) is 25.2 Å². The molecule has 1 amide bonds. The van der Waals surface area contributed by atoms with Crippen molar-refractivity contribution in [1.82, 2.24) is 14.9 Å². The van der Waals surface area contributed by atoms with Gasteiger partial charge in [0.15, 0.2) is 0 Å². The molecule has 2 N–H and O–H groups in total. The van der Waals surface area contributed by atoms with E-state index in [0.717, 1.165) is 16.7 Å². The number of aromatic nitrogens is 2. The molecule has 5 heteroatoms. The normalized spacial score (nSPS) is 10.7. The number of carbonyl (C=O) groups is 1. The number of hydrogen-bond acceptors (Lipinski definition) is 3. The summed E-state index contributed by atoms with van der Waals surface area (Å²) < 4.78 is 1.95. The van der Waals surface area contributed by atoms with Crippen LogP contribution in [0, 0.1) is 0 Å². The molecule has 17 heavy (non-hydrogen) atoms. The number of benzene rings is 1. The number of rotatable bonds is 4. The van der Waals surface area contributed by atoms with E-state index < -0.39 is 0 Å². The number of amides is 1. The van der Waals surface area contributed by atoms with Crippen LogP contribution in [0.3, 0.4) is 0 Å². The number of carbonyl (C=O) groups excluding carboxylic acids is 1. The van der Waals surface area contributed by atoms with Crippen molar-refractivity contribution in [3.05, 3.63) is 24.5 Å². The molecule has 0 fully saturated rings. The number of nitrogens with one attached hydrogen (secondary N) is 2. The molecule has 0 saturated heterocycles. The van der Waals surface area contributed by atoms with Gasteiger partial charge in [0.2, 0.25) is 5.91 Å². The summed E-state index contributed by atoms with van der Waals surface area (Å²) in [4.78, 5) is 15.8. The predicted molar refractivity (Wildman–Crippen MR) is 67.9 cm³/mol. The molecule has 5 nitrogen and oxygen atoms in total. The first-order valence-corrected chi connectivity index (χ1v) is 5.56. The highest BCUT2D eigenvalue weighted by atomic mass is 16.1. The van der Waals surface area contributed by atoms with Crippen LogP contribution in [0.15, 0.2) is 24.5 Å². The molecule has 90 valence electrons. The summed E-state index contributed by atoms with van der Waals surface area (Å²) in [7, 11) is 3.77. The molecule has 0 unspecified atom stereocenters. The van der Waals surface area contributed by atoms with E-state index in [0.29, 0.717) is 13.0 Å². The average Bonchev–Trinajstić information content (AvgIpc) is 2.68. The third-order valence-electron chi connectivity index (χ3n) is 2.61. The molecular weight excluding hydrogens is 216 g/mol. The van der Waals surface area contributed by atoms with Crippen LogP contribution in [-0.4, -0.2) is 29.1 Å². The van der Waals surface area contributed by atoms with E-state index in [2.05, 4.69) is 15.6 Å². The fourth-order valence-electron chi connectivity index (χ4n) is 1.68. The molecule has 0 aliphatic rings. The van der Waals surface area contributed by atoms with Crippen molar-refractivity contribution < 1.29 is 4.79 Å². The topological polar surface area (TPSA) is 59.0 Å². The molecule has 0 radical (unpaired) electrons. The first-order chi connectivity index (χ1) is 8.20. The van der Waals surface area contributed by atoms with Gasteiger partial charge in [-0.25, -0.2) is 4.98 Å². The fourth-order valence-corrected chi connectivity index (χ4v) is 1.68. The largest absolute Gasteiger partial charge is 0.334 e. The summed E-state index contributed by atoms with van der Waals surface area (Å²) in [6.45, 7) is 0.678. The van der Waals surface area contributed by atoms with E-state index in [1.807, 2.05) is 36.9 Å². The van der Waals surface area contributed by atoms with Gasteiger partial charge in [0.1, 0.15) is 0 Å². The van der Waals surface area contributed by atoms with Crippen molar-refractivity contribution in [1.29, 1.82) is 0 Å². The summed E-state index contributed by atoms with van der Waals surface area (Å²) >= 11 is 0. The van der Waals surface area contributed by atoms with Crippen LogP contribution in [0.1, 0.15) is 6.42 Å². The first-order valence-electron chi connectivity index (χ1n) is 5.56. The number of hydrogen-bond donors (Lipinski definition) is 2. The Morgan fingerprint density at radius 2 is 2.29 bits per heavy atom. The highest BCUT2D eigenvalue weighted by molar-refractivity contribution is 5.93. The smallest absolute Gasteiger partial charge is 0.225 e. The summed E-state index contributed by atoms with van der Waals surface area (Å²) in [5, 5.41) is 5.79. The Kier molecular flexibility index (Phi) is 3.39. The molecule has 1 aromatic carbocycles. The lowest BCUT2D eigenvalue weighted by molar-refractivity contribution is -0.116. The molecule has 0 spiro atoms. The van der Waals surface area contributed by atoms with E-state index in [1.165, 1.54) is 0 Å². The van der Waals surface area contributed by atoms with Crippen LogP contribution in [0.5, 0.6) is 0 Å². The van der Waals surface area contributed by atoms with Gasteiger partial charge in [0.25, 0.3) is 0 Å². The Hall–Kier alpha value is -1.88. The number of nitrogens with zero attached hydrogens (tertiary/aromatic N) is 2. The van der Waals surface area contributed by atoms with Crippen LogP contribution >= 0.6 is 0 Å². The van der Waals surface area contributed by atoms with Crippen LogP contribution in [-0.2, 0) is 11.8 Å². The van der Waals surface area contributed by atoms with Gasteiger partial charge in [-0.3, -0.25) is 4.79 Å². The Balaban J connectivity index is 2.11. The zero-order valence-corrected chi connectivity index (χ0v) is 10.0. The lowest BCUT2D eigenvalue weighted by Crippen LogP contribution is -2.18. The molecule has 2 aromatic rings. The van der Waals surface area contributed by atoms with E-state index in [1.54, 1.807) is 6.33 Å². The van der Waals surface area contributed by atoms with Gasteiger partial charge >= 0.3 is 0 Å². The zero-order chi connectivity index (χ0) is 12.3. The van der Waals surface area contributed by atoms with Gasteiger partial charge in [-0.15, -0.1) is 0 Å². The number of fused-ring (bicyclic) bond motifs is 1. The minimum atomic E-state index is 0.00892. The van der Waals surface area contributed by atoms with Crippen LogP contribution in [0.4, 0.5) is 5.69 Å². The molecule has 0 saturated carbocycles. The Morgan fingerprint density at radius 3 is 3.06 bits per heavy atom. The predicted octanol–water partition coefficient (Wildman–Crippen LogP) is 1.12. The van der Waals surface area contributed by atoms with Crippen molar-refractivity contribution in [2.24, 2.45) is 7.05 Å². The maximum Gasteiger partial charge on any atom is 0.225 e. The summed E-state index contributed by atoms with van der Waals surface area (Å²) in [5.41, 5.74) is 2.73. The minimum Gasteiger partial charge on any atom is -0.334 e. The van der Waals surface area contributed by atoms with Crippen LogP contribution in [0.2, 0.25) is 0 Å². The molecule has 0 bridgehead atoms. The lowest BCUT2D eigenvalue weighted by atomic mass is 10.2. The summed E-state index contributed by atoms with van der Waals surface area (Å²) in [5.74, 6) is 0.00892. The van der Waals surface area contributed by atoms with E-state index in [-0.39, 0.29) is 5.91 Å². The molecule has 2 rings (SSSR count). The molecule has 0 atom stereocenters. The third-order valence-corrected chi connectivity index (χ3v) is 2.61. The molecule has 0 aliphatic carbocycles. The highest BCUT2D eigenvalue weighted by Crippen LogP contribution is 2.17. The van der Waals surface area contributed by atoms with Gasteiger partial charge < -0.3 is 15.2 Å². The number of aryl methyl sites for hydroxylation is 1. The summed E-state index contributed by atoms with van der Waals surface area (Å²) in [6, 6.07) is 5.73. The van der Waals surface area contributed by atoms with Crippen molar-refractivity contribution >= 4 is 22.6 Å². The fraction of sp³-hybridized carbons (Fsp3) is 0.333. The second kappa shape index (κ2) is 4.97. The van der Waals surface area contributed by atoms with Crippen molar-refractivity contribution in [2.75, 3.05) is 18.9 Å². The Labute approximate surface area is 99.8 Å². The molecule has 1 heterocycles. The summed E-state index contributed by atoms with van der Waals surface area (Å²) in [6.07, 6.45) is 2.23. The maximum atomic E-state index is 11.5.